The van der Waals surface area contributed by atoms with Crippen molar-refractivity contribution in [1.29, 1.82) is 5.26 Å². The molecular formula is C21H25N5O. The van der Waals surface area contributed by atoms with Crippen LogP contribution in [0.3, 0.4) is 0 Å². The molecule has 1 amide bonds. The fourth-order valence-electron chi connectivity index (χ4n) is 4.25. The number of rotatable bonds is 4. The summed E-state index contributed by atoms with van der Waals surface area (Å²) in [6.45, 7) is 2.93. The van der Waals surface area contributed by atoms with Crippen molar-refractivity contribution >= 4 is 22.5 Å². The molecule has 2 saturated heterocycles. The maximum absolute atomic E-state index is 12.6. The number of aromatic nitrogens is 1. The molecule has 2 aromatic rings. The number of likely N-dealkylation sites (N-methyl/N-ethyl adjacent to an activating group) is 1. The summed E-state index contributed by atoms with van der Waals surface area (Å²) in [6.07, 6.45) is 4.60. The minimum Gasteiger partial charge on any atom is -0.370 e. The Bertz CT molecular complexity index is 876. The highest BCUT2D eigenvalue weighted by Gasteiger charge is 2.32. The molecule has 27 heavy (non-hydrogen) atoms. The van der Waals surface area contributed by atoms with Crippen LogP contribution in [0.4, 0.5) is 5.69 Å². The van der Waals surface area contributed by atoms with Gasteiger partial charge in [0.1, 0.15) is 6.04 Å². The molecule has 3 heterocycles. The van der Waals surface area contributed by atoms with Crippen LogP contribution in [0.25, 0.3) is 10.9 Å². The molecule has 0 unspecified atom stereocenters. The standard InChI is InChI=1S/C21H25N5O/c1-24(17-6-7-20-16(12-17)4-2-9-23-20)19-8-11-25(14-19)15-21(27)26-10-3-5-18(26)13-22/h2,4,6-7,9,12,18-19H,3,5,8,10-11,14-15H2,1H3/t18-,19-/m0/s1. The second kappa shape index (κ2) is 7.53. The summed E-state index contributed by atoms with van der Waals surface area (Å²) >= 11 is 0. The lowest BCUT2D eigenvalue weighted by molar-refractivity contribution is -0.132. The highest BCUT2D eigenvalue weighted by molar-refractivity contribution is 5.82. The van der Waals surface area contributed by atoms with Crippen LogP contribution in [0.15, 0.2) is 36.5 Å². The quantitative estimate of drug-likeness (QED) is 0.834. The molecule has 0 radical (unpaired) electrons. The fourth-order valence-corrected chi connectivity index (χ4v) is 4.25. The number of hydrogen-bond acceptors (Lipinski definition) is 5. The molecular weight excluding hydrogens is 338 g/mol. The topological polar surface area (TPSA) is 63.5 Å². The second-order valence-electron chi connectivity index (χ2n) is 7.54. The van der Waals surface area contributed by atoms with E-state index < -0.39 is 0 Å². The van der Waals surface area contributed by atoms with Crippen LogP contribution in [0, 0.1) is 11.3 Å². The predicted molar refractivity (Wildman–Crippen MR) is 105 cm³/mol. The van der Waals surface area contributed by atoms with Crippen molar-refractivity contribution in [2.45, 2.75) is 31.3 Å². The molecule has 140 valence electrons. The van der Waals surface area contributed by atoms with Gasteiger partial charge in [-0.25, -0.2) is 0 Å². The Hall–Kier alpha value is -2.65. The lowest BCUT2D eigenvalue weighted by Crippen LogP contribution is -2.42. The largest absolute Gasteiger partial charge is 0.370 e. The van der Waals surface area contributed by atoms with Crippen LogP contribution < -0.4 is 4.90 Å². The number of likely N-dealkylation sites (tertiary alicyclic amines) is 2. The highest BCUT2D eigenvalue weighted by atomic mass is 16.2. The molecule has 6 nitrogen and oxygen atoms in total. The van der Waals surface area contributed by atoms with Gasteiger partial charge in [0.15, 0.2) is 0 Å². The van der Waals surface area contributed by atoms with Crippen molar-refractivity contribution in [3.05, 3.63) is 36.5 Å². The van der Waals surface area contributed by atoms with Crippen LogP contribution in [-0.2, 0) is 4.79 Å². The summed E-state index contributed by atoms with van der Waals surface area (Å²) in [5.41, 5.74) is 2.18. The average Bonchev–Trinajstić information content (AvgIpc) is 3.36. The van der Waals surface area contributed by atoms with Gasteiger partial charge >= 0.3 is 0 Å². The molecule has 0 N–H and O–H groups in total. The Labute approximate surface area is 160 Å². The Morgan fingerprint density at radius 1 is 1.33 bits per heavy atom. The van der Waals surface area contributed by atoms with Gasteiger partial charge in [-0.1, -0.05) is 6.07 Å². The van der Waals surface area contributed by atoms with E-state index in [0.29, 0.717) is 12.6 Å². The molecule has 2 aliphatic rings. The van der Waals surface area contributed by atoms with E-state index in [-0.39, 0.29) is 11.9 Å². The minimum atomic E-state index is -0.232. The number of nitrogens with zero attached hydrogens (tertiary/aromatic N) is 5. The number of carbonyl (C=O) groups excluding carboxylic acids is 1. The third-order valence-corrected chi connectivity index (χ3v) is 5.87. The van der Waals surface area contributed by atoms with Crippen LogP contribution in [0.2, 0.25) is 0 Å². The lowest BCUT2D eigenvalue weighted by Gasteiger charge is -2.28. The molecule has 0 aliphatic carbocycles. The van der Waals surface area contributed by atoms with E-state index in [1.807, 2.05) is 12.3 Å². The lowest BCUT2D eigenvalue weighted by atomic mass is 10.1. The summed E-state index contributed by atoms with van der Waals surface area (Å²) in [5.74, 6) is 0.0964. The maximum Gasteiger partial charge on any atom is 0.237 e. The Balaban J connectivity index is 1.38. The number of fused-ring (bicyclic) bond motifs is 1. The Kier molecular flexibility index (Phi) is 4.95. The van der Waals surface area contributed by atoms with Crippen LogP contribution in [-0.4, -0.2) is 66.0 Å². The van der Waals surface area contributed by atoms with Crippen LogP contribution in [0.5, 0.6) is 0 Å². The average molecular weight is 363 g/mol. The minimum absolute atomic E-state index is 0.0964. The first-order chi connectivity index (χ1) is 13.2. The Morgan fingerprint density at radius 3 is 3.07 bits per heavy atom. The zero-order valence-electron chi connectivity index (χ0n) is 15.7. The number of nitriles is 1. The molecule has 2 fully saturated rings. The van der Waals surface area contributed by atoms with E-state index in [1.54, 1.807) is 4.90 Å². The molecule has 1 aromatic heterocycles. The van der Waals surface area contributed by atoms with Crippen molar-refractivity contribution in [1.82, 2.24) is 14.8 Å². The number of pyridine rings is 1. The number of hydrogen-bond donors (Lipinski definition) is 0. The summed E-state index contributed by atoms with van der Waals surface area (Å²) in [6, 6.07) is 12.8. The van der Waals surface area contributed by atoms with Gasteiger partial charge in [0, 0.05) is 50.0 Å². The van der Waals surface area contributed by atoms with E-state index in [4.69, 9.17) is 0 Å². The normalized spacial score (nSPS) is 22.9. The Morgan fingerprint density at radius 2 is 2.22 bits per heavy atom. The first-order valence-electron chi connectivity index (χ1n) is 9.65. The molecule has 0 spiro atoms. The monoisotopic (exact) mass is 363 g/mol. The van der Waals surface area contributed by atoms with Crippen molar-refractivity contribution in [2.24, 2.45) is 0 Å². The van der Waals surface area contributed by atoms with E-state index in [0.717, 1.165) is 49.8 Å². The van der Waals surface area contributed by atoms with Gasteiger partial charge in [0.25, 0.3) is 0 Å². The third-order valence-electron chi connectivity index (χ3n) is 5.87. The van der Waals surface area contributed by atoms with Crippen molar-refractivity contribution in [2.75, 3.05) is 38.1 Å². The summed E-state index contributed by atoms with van der Waals surface area (Å²) in [5, 5.41) is 10.3. The summed E-state index contributed by atoms with van der Waals surface area (Å²) in [7, 11) is 2.12. The van der Waals surface area contributed by atoms with E-state index in [1.165, 1.54) is 5.69 Å². The smallest absolute Gasteiger partial charge is 0.237 e. The molecule has 2 aliphatic heterocycles. The van der Waals surface area contributed by atoms with E-state index in [2.05, 4.69) is 52.2 Å². The van der Waals surface area contributed by atoms with Gasteiger partial charge in [-0.3, -0.25) is 14.7 Å². The molecule has 6 heteroatoms. The van der Waals surface area contributed by atoms with Gasteiger partial charge in [-0.2, -0.15) is 5.26 Å². The zero-order chi connectivity index (χ0) is 18.8. The number of benzene rings is 1. The molecule has 0 saturated carbocycles. The SMILES string of the molecule is CN(c1ccc2ncccc2c1)[C@H]1CCN(CC(=O)N2CCC[C@H]2C#N)C1. The van der Waals surface area contributed by atoms with Gasteiger partial charge in [0.05, 0.1) is 18.1 Å². The number of anilines is 1. The summed E-state index contributed by atoms with van der Waals surface area (Å²) < 4.78 is 0. The molecule has 2 atom stereocenters. The third kappa shape index (κ3) is 3.60. The first kappa shape index (κ1) is 17.7. The van der Waals surface area contributed by atoms with Crippen molar-refractivity contribution in [3.8, 4) is 6.07 Å². The van der Waals surface area contributed by atoms with E-state index >= 15 is 0 Å². The number of carbonyl (C=O) groups is 1. The highest BCUT2D eigenvalue weighted by Crippen LogP contribution is 2.25. The van der Waals surface area contributed by atoms with Gasteiger partial charge in [0.2, 0.25) is 5.91 Å². The van der Waals surface area contributed by atoms with Gasteiger partial charge in [-0.15, -0.1) is 0 Å². The molecule has 4 rings (SSSR count). The second-order valence-corrected chi connectivity index (χ2v) is 7.54. The van der Waals surface area contributed by atoms with Gasteiger partial charge < -0.3 is 9.80 Å². The summed E-state index contributed by atoms with van der Waals surface area (Å²) in [4.78, 5) is 23.2. The zero-order valence-corrected chi connectivity index (χ0v) is 15.7. The van der Waals surface area contributed by atoms with E-state index in [9.17, 15) is 10.1 Å². The fraction of sp³-hybridized carbons (Fsp3) is 0.476. The van der Waals surface area contributed by atoms with Crippen molar-refractivity contribution in [3.63, 3.8) is 0 Å². The molecule has 1 aromatic carbocycles. The maximum atomic E-state index is 12.6. The van der Waals surface area contributed by atoms with Crippen molar-refractivity contribution < 1.29 is 4.79 Å². The number of amides is 1. The first-order valence-corrected chi connectivity index (χ1v) is 9.65. The van der Waals surface area contributed by atoms with Crippen LogP contribution in [0.1, 0.15) is 19.3 Å². The predicted octanol–water partition coefficient (Wildman–Crippen LogP) is 2.26. The van der Waals surface area contributed by atoms with Gasteiger partial charge in [-0.05, 0) is 43.5 Å². The van der Waals surface area contributed by atoms with Crippen LogP contribution >= 0.6 is 0 Å². The molecule has 0 bridgehead atoms.